The molecule has 0 aliphatic carbocycles. The average molecular weight is 327 g/mol. The van der Waals surface area contributed by atoms with Gasteiger partial charge in [-0.15, -0.1) is 0 Å². The largest absolute Gasteiger partial charge is 0.368 e. The molecule has 1 aromatic carbocycles. The number of nitrogens with one attached hydrogen (secondary N) is 2. The van der Waals surface area contributed by atoms with Gasteiger partial charge in [-0.1, -0.05) is 12.1 Å². The molecule has 126 valence electrons. The van der Waals surface area contributed by atoms with E-state index in [4.69, 9.17) is 4.74 Å². The van der Waals surface area contributed by atoms with Crippen LogP contribution in [0.5, 0.6) is 0 Å². The molecule has 2 bridgehead atoms. The molecule has 2 N–H and O–H groups in total. The van der Waals surface area contributed by atoms with Crippen LogP contribution in [0.15, 0.2) is 24.3 Å². The molecule has 0 aromatic heterocycles. The first-order chi connectivity index (χ1) is 11.7. The maximum atomic E-state index is 12.9. The van der Waals surface area contributed by atoms with Gasteiger partial charge in [0.05, 0.1) is 11.6 Å². The molecule has 0 saturated carbocycles. The fraction of sp³-hybridized carbons (Fsp3) is 0.556. The van der Waals surface area contributed by atoms with E-state index in [1.54, 1.807) is 0 Å². The van der Waals surface area contributed by atoms with E-state index in [0.29, 0.717) is 12.2 Å². The van der Waals surface area contributed by atoms with Crippen molar-refractivity contribution in [2.45, 2.75) is 56.0 Å². The van der Waals surface area contributed by atoms with Gasteiger partial charge in [-0.05, 0) is 37.8 Å². The normalized spacial score (nSPS) is 36.6. The lowest BCUT2D eigenvalue weighted by Gasteiger charge is -2.43. The Labute approximate surface area is 140 Å². The van der Waals surface area contributed by atoms with Crippen LogP contribution in [0.2, 0.25) is 0 Å². The summed E-state index contributed by atoms with van der Waals surface area (Å²) in [6.45, 7) is 0.674. The number of anilines is 1. The van der Waals surface area contributed by atoms with Gasteiger partial charge in [-0.3, -0.25) is 9.59 Å². The molecule has 1 spiro atoms. The first kappa shape index (κ1) is 14.3. The van der Waals surface area contributed by atoms with Gasteiger partial charge in [0.1, 0.15) is 11.8 Å². The van der Waals surface area contributed by atoms with Crippen molar-refractivity contribution in [3.8, 4) is 0 Å². The number of carbonyl (C=O) groups is 2. The van der Waals surface area contributed by atoms with E-state index in [1.807, 2.05) is 29.2 Å². The first-order valence-electron chi connectivity index (χ1n) is 8.81. The Morgan fingerprint density at radius 3 is 2.92 bits per heavy atom. The number of hydrogen-bond donors (Lipinski definition) is 2. The number of benzene rings is 1. The highest BCUT2D eigenvalue weighted by molar-refractivity contribution is 6.02. The van der Waals surface area contributed by atoms with E-state index in [9.17, 15) is 9.59 Å². The first-order valence-corrected chi connectivity index (χ1v) is 8.81. The second-order valence-corrected chi connectivity index (χ2v) is 7.29. The summed E-state index contributed by atoms with van der Waals surface area (Å²) in [5.41, 5.74) is 0.990. The molecule has 6 nitrogen and oxygen atoms in total. The summed E-state index contributed by atoms with van der Waals surface area (Å²) >= 11 is 0. The molecule has 6 heteroatoms. The molecule has 0 unspecified atom stereocenters. The minimum absolute atomic E-state index is 0.00324. The average Bonchev–Trinajstić information content (AvgIpc) is 3.29. The highest BCUT2D eigenvalue weighted by Gasteiger charge is 2.60. The molecule has 4 aliphatic rings. The van der Waals surface area contributed by atoms with Crippen LogP contribution in [-0.4, -0.2) is 47.2 Å². The summed E-state index contributed by atoms with van der Waals surface area (Å²) in [7, 11) is 0. The van der Waals surface area contributed by atoms with Gasteiger partial charge in [-0.25, -0.2) is 0 Å². The van der Waals surface area contributed by atoms with Crippen molar-refractivity contribution in [3.05, 3.63) is 29.8 Å². The quantitative estimate of drug-likeness (QED) is 0.820. The lowest BCUT2D eigenvalue weighted by Crippen LogP contribution is -2.64. The molecule has 4 heterocycles. The Morgan fingerprint density at radius 1 is 1.21 bits per heavy atom. The molecule has 1 aromatic rings. The zero-order chi connectivity index (χ0) is 16.3. The summed E-state index contributed by atoms with van der Waals surface area (Å²) in [6, 6.07) is 7.75. The van der Waals surface area contributed by atoms with Crippen LogP contribution in [0.25, 0.3) is 0 Å². The predicted molar refractivity (Wildman–Crippen MR) is 87.5 cm³/mol. The Hall–Kier alpha value is -2.08. The van der Waals surface area contributed by atoms with Crippen LogP contribution in [0, 0.1) is 0 Å². The van der Waals surface area contributed by atoms with Crippen molar-refractivity contribution in [1.29, 1.82) is 0 Å². The molecular formula is C18H21N3O3. The molecule has 2 amide bonds. The lowest BCUT2D eigenvalue weighted by molar-refractivity contribution is -0.142. The maximum absolute atomic E-state index is 12.9. The van der Waals surface area contributed by atoms with E-state index in [1.165, 1.54) is 0 Å². The van der Waals surface area contributed by atoms with Gasteiger partial charge in [0.25, 0.3) is 11.8 Å². The molecule has 24 heavy (non-hydrogen) atoms. The number of rotatable bonds is 1. The molecular weight excluding hydrogens is 306 g/mol. The van der Waals surface area contributed by atoms with E-state index in [2.05, 4.69) is 10.6 Å². The van der Waals surface area contributed by atoms with Crippen LogP contribution in [-0.2, 0) is 9.53 Å². The van der Waals surface area contributed by atoms with Crippen molar-refractivity contribution >= 4 is 17.5 Å². The third-order valence-electron chi connectivity index (χ3n) is 5.95. The monoisotopic (exact) mass is 327 g/mol. The van der Waals surface area contributed by atoms with Gasteiger partial charge < -0.3 is 20.3 Å². The van der Waals surface area contributed by atoms with E-state index in [-0.39, 0.29) is 30.0 Å². The molecule has 4 atom stereocenters. The molecule has 0 radical (unpaired) electrons. The van der Waals surface area contributed by atoms with Crippen LogP contribution < -0.4 is 10.6 Å². The minimum Gasteiger partial charge on any atom is -0.368 e. The standard InChI is InChI=1S/C18H21N3O3/c22-16-12-4-1-2-5-13(12)19-18(20-16)10-11-7-8-15(18)21(11)17(23)14-6-3-9-24-14/h1-2,4-5,11,14-15,19H,3,6-10H2,(H,20,22)/t11-,14-,15-,18+/m1/s1. The number of fused-ring (bicyclic) bond motifs is 4. The number of para-hydroxylation sites is 1. The summed E-state index contributed by atoms with van der Waals surface area (Å²) in [4.78, 5) is 27.5. The fourth-order valence-corrected chi connectivity index (χ4v) is 4.95. The Morgan fingerprint density at radius 2 is 2.08 bits per heavy atom. The van der Waals surface area contributed by atoms with Crippen molar-refractivity contribution in [1.82, 2.24) is 10.2 Å². The van der Waals surface area contributed by atoms with Gasteiger partial charge in [-0.2, -0.15) is 0 Å². The van der Waals surface area contributed by atoms with Crippen molar-refractivity contribution in [2.75, 3.05) is 11.9 Å². The molecule has 3 fully saturated rings. The van der Waals surface area contributed by atoms with Gasteiger partial charge in [0.2, 0.25) is 0 Å². The number of nitrogens with zero attached hydrogens (tertiary/aromatic N) is 1. The molecule has 5 rings (SSSR count). The fourth-order valence-electron chi connectivity index (χ4n) is 4.95. The smallest absolute Gasteiger partial charge is 0.255 e. The van der Waals surface area contributed by atoms with E-state index >= 15 is 0 Å². The summed E-state index contributed by atoms with van der Waals surface area (Å²) < 4.78 is 5.61. The van der Waals surface area contributed by atoms with E-state index < -0.39 is 5.66 Å². The van der Waals surface area contributed by atoms with Gasteiger partial charge in [0, 0.05) is 24.8 Å². The third-order valence-corrected chi connectivity index (χ3v) is 5.95. The SMILES string of the molecule is O=C1N[C@]2(C[C@H]3CC[C@H]2N3C(=O)[C@H]2CCCO2)Nc2ccccc21. The second kappa shape index (κ2) is 4.96. The third kappa shape index (κ3) is 1.86. The molecule has 4 aliphatic heterocycles. The van der Waals surface area contributed by atoms with Gasteiger partial charge in [0.15, 0.2) is 0 Å². The van der Waals surface area contributed by atoms with Crippen molar-refractivity contribution in [2.24, 2.45) is 0 Å². The van der Waals surface area contributed by atoms with Crippen LogP contribution in [0.1, 0.15) is 42.5 Å². The summed E-state index contributed by atoms with van der Waals surface area (Å²) in [5.74, 6) is 0.0493. The minimum atomic E-state index is -0.539. The predicted octanol–water partition coefficient (Wildman–Crippen LogP) is 1.48. The van der Waals surface area contributed by atoms with Crippen molar-refractivity contribution < 1.29 is 14.3 Å². The Kier molecular flexibility index (Phi) is 2.95. The lowest BCUT2D eigenvalue weighted by atomic mass is 9.86. The number of amides is 2. The summed E-state index contributed by atoms with van der Waals surface area (Å²) in [6.07, 6.45) is 4.14. The Bertz CT molecular complexity index is 715. The maximum Gasteiger partial charge on any atom is 0.255 e. The zero-order valence-corrected chi connectivity index (χ0v) is 13.5. The van der Waals surface area contributed by atoms with Crippen LogP contribution in [0.4, 0.5) is 5.69 Å². The van der Waals surface area contributed by atoms with Gasteiger partial charge >= 0.3 is 0 Å². The van der Waals surface area contributed by atoms with Crippen LogP contribution >= 0.6 is 0 Å². The number of carbonyl (C=O) groups excluding carboxylic acids is 2. The molecule has 3 saturated heterocycles. The number of hydrogen-bond acceptors (Lipinski definition) is 4. The highest BCUT2D eigenvalue weighted by Crippen LogP contribution is 2.47. The van der Waals surface area contributed by atoms with E-state index in [0.717, 1.165) is 37.8 Å². The Balaban J connectivity index is 1.47. The topological polar surface area (TPSA) is 70.7 Å². The van der Waals surface area contributed by atoms with Crippen molar-refractivity contribution in [3.63, 3.8) is 0 Å². The number of ether oxygens (including phenoxy) is 1. The second-order valence-electron chi connectivity index (χ2n) is 7.29. The summed E-state index contributed by atoms with van der Waals surface area (Å²) in [5, 5.41) is 6.71. The van der Waals surface area contributed by atoms with Crippen LogP contribution in [0.3, 0.4) is 0 Å². The zero-order valence-electron chi connectivity index (χ0n) is 13.5. The highest BCUT2D eigenvalue weighted by atomic mass is 16.5.